The van der Waals surface area contributed by atoms with Crippen LogP contribution in [0.15, 0.2) is 84.0 Å². The number of fused-ring (bicyclic) bond motifs is 1. The van der Waals surface area contributed by atoms with Gasteiger partial charge in [0.05, 0.1) is 12.6 Å². The van der Waals surface area contributed by atoms with Crippen molar-refractivity contribution >= 4 is 22.9 Å². The maximum absolute atomic E-state index is 12.4. The van der Waals surface area contributed by atoms with Crippen LogP contribution < -0.4 is 5.43 Å². The molecule has 0 atom stereocenters. The summed E-state index contributed by atoms with van der Waals surface area (Å²) in [5.74, 6) is -0.130. The Kier molecular flexibility index (Phi) is 5.25. The topological polar surface area (TPSA) is 46.4 Å². The molecular weight excluding hydrogens is 358 g/mol. The predicted molar refractivity (Wildman–Crippen MR) is 119 cm³/mol. The summed E-state index contributed by atoms with van der Waals surface area (Å²) in [7, 11) is 0. The first-order valence-corrected chi connectivity index (χ1v) is 9.66. The molecule has 1 aromatic heterocycles. The number of aryl methyl sites for hydroxylation is 1. The summed E-state index contributed by atoms with van der Waals surface area (Å²) in [6, 6.07) is 26.4. The molecule has 0 aliphatic rings. The van der Waals surface area contributed by atoms with Crippen LogP contribution in [0, 0.1) is 13.8 Å². The highest BCUT2D eigenvalue weighted by Gasteiger charge is 2.09. The van der Waals surface area contributed by atoms with Crippen molar-refractivity contribution in [2.45, 2.75) is 20.3 Å². The van der Waals surface area contributed by atoms with Gasteiger partial charge in [-0.05, 0) is 48.4 Å². The second kappa shape index (κ2) is 8.15. The van der Waals surface area contributed by atoms with Gasteiger partial charge in [-0.3, -0.25) is 4.79 Å². The quantitative estimate of drug-likeness (QED) is 0.386. The second-order valence-corrected chi connectivity index (χ2v) is 7.11. The van der Waals surface area contributed by atoms with Gasteiger partial charge < -0.3 is 4.57 Å². The number of rotatable bonds is 5. The van der Waals surface area contributed by atoms with Gasteiger partial charge in [-0.15, -0.1) is 0 Å². The van der Waals surface area contributed by atoms with Crippen LogP contribution in [0.5, 0.6) is 0 Å². The van der Waals surface area contributed by atoms with Gasteiger partial charge in [-0.2, -0.15) is 5.10 Å². The number of hydrazone groups is 1. The molecule has 0 fully saturated rings. The van der Waals surface area contributed by atoms with Crippen LogP contribution in [-0.4, -0.2) is 16.7 Å². The van der Waals surface area contributed by atoms with E-state index < -0.39 is 0 Å². The highest BCUT2D eigenvalue weighted by molar-refractivity contribution is 5.90. The molecule has 4 nitrogen and oxygen atoms in total. The van der Waals surface area contributed by atoms with Crippen LogP contribution in [-0.2, 0) is 11.2 Å². The predicted octanol–water partition coefficient (Wildman–Crippen LogP) is 4.94. The zero-order chi connectivity index (χ0) is 20.2. The van der Waals surface area contributed by atoms with E-state index in [0.29, 0.717) is 6.42 Å². The average Bonchev–Trinajstić information content (AvgIpc) is 3.02. The van der Waals surface area contributed by atoms with Crippen molar-refractivity contribution in [3.8, 4) is 5.69 Å². The maximum atomic E-state index is 12.4. The fourth-order valence-electron chi connectivity index (χ4n) is 3.73. The Morgan fingerprint density at radius 3 is 2.52 bits per heavy atom. The molecular formula is C25H23N3O. The Bertz CT molecular complexity index is 1180. The van der Waals surface area contributed by atoms with Crippen molar-refractivity contribution in [1.29, 1.82) is 0 Å². The van der Waals surface area contributed by atoms with Gasteiger partial charge in [0.1, 0.15) is 0 Å². The number of amides is 1. The summed E-state index contributed by atoms with van der Waals surface area (Å²) >= 11 is 0. The zero-order valence-electron chi connectivity index (χ0n) is 16.6. The molecule has 3 aromatic carbocycles. The lowest BCUT2D eigenvalue weighted by molar-refractivity contribution is -0.120. The van der Waals surface area contributed by atoms with E-state index in [1.165, 1.54) is 0 Å². The Balaban J connectivity index is 1.47. The molecule has 0 saturated carbocycles. The first kappa shape index (κ1) is 18.7. The summed E-state index contributed by atoms with van der Waals surface area (Å²) in [5.41, 5.74) is 7.96. The molecule has 0 aliphatic heterocycles. The number of nitrogens with zero attached hydrogens (tertiary/aromatic N) is 2. The standard InChI is InChI=1S/C25H23N3O/c1-18-15-22(19(2)28(18)23-12-4-3-5-13-23)17-26-27-25(29)16-21-11-8-10-20-9-6-7-14-24(20)21/h3-15,17H,16H2,1-2H3,(H,27,29). The number of nitrogens with one attached hydrogen (secondary N) is 1. The molecule has 0 radical (unpaired) electrons. The summed E-state index contributed by atoms with van der Waals surface area (Å²) in [6.45, 7) is 4.12. The van der Waals surface area contributed by atoms with E-state index in [1.807, 2.05) is 48.5 Å². The van der Waals surface area contributed by atoms with E-state index in [9.17, 15) is 4.79 Å². The number of carbonyl (C=O) groups is 1. The lowest BCUT2D eigenvalue weighted by Gasteiger charge is -2.09. The Hall–Kier alpha value is -3.66. The molecule has 1 N–H and O–H groups in total. The molecule has 4 rings (SSSR count). The van der Waals surface area contributed by atoms with Crippen molar-refractivity contribution in [2.24, 2.45) is 5.10 Å². The van der Waals surface area contributed by atoms with Gasteiger partial charge in [0, 0.05) is 22.6 Å². The normalized spacial score (nSPS) is 11.2. The van der Waals surface area contributed by atoms with Crippen molar-refractivity contribution in [1.82, 2.24) is 9.99 Å². The van der Waals surface area contributed by atoms with Crippen LogP contribution in [0.3, 0.4) is 0 Å². The van der Waals surface area contributed by atoms with E-state index in [-0.39, 0.29) is 5.91 Å². The molecule has 0 saturated heterocycles. The summed E-state index contributed by atoms with van der Waals surface area (Å²) in [6.07, 6.45) is 2.00. The van der Waals surface area contributed by atoms with Gasteiger partial charge >= 0.3 is 0 Å². The summed E-state index contributed by atoms with van der Waals surface area (Å²) < 4.78 is 2.18. The lowest BCUT2D eigenvalue weighted by Crippen LogP contribution is -2.19. The van der Waals surface area contributed by atoms with Crippen LogP contribution in [0.1, 0.15) is 22.5 Å². The highest BCUT2D eigenvalue weighted by atomic mass is 16.2. The van der Waals surface area contributed by atoms with E-state index in [0.717, 1.165) is 39.0 Å². The van der Waals surface area contributed by atoms with E-state index in [2.05, 4.69) is 59.3 Å². The van der Waals surface area contributed by atoms with E-state index in [1.54, 1.807) is 6.21 Å². The number of hydrogen-bond acceptors (Lipinski definition) is 2. The van der Waals surface area contributed by atoms with Gasteiger partial charge in [0.15, 0.2) is 0 Å². The number of benzene rings is 3. The summed E-state index contributed by atoms with van der Waals surface area (Å²) in [5, 5.41) is 6.42. The molecule has 4 heteroatoms. The molecule has 0 aliphatic carbocycles. The molecule has 4 aromatic rings. The van der Waals surface area contributed by atoms with Gasteiger partial charge in [0.2, 0.25) is 5.91 Å². The minimum absolute atomic E-state index is 0.130. The Morgan fingerprint density at radius 1 is 0.966 bits per heavy atom. The molecule has 0 unspecified atom stereocenters. The van der Waals surface area contributed by atoms with Crippen molar-refractivity contribution < 1.29 is 4.79 Å². The minimum Gasteiger partial charge on any atom is -0.318 e. The first-order chi connectivity index (χ1) is 14.1. The monoisotopic (exact) mass is 381 g/mol. The fraction of sp³-hybridized carbons (Fsp3) is 0.120. The number of aromatic nitrogens is 1. The third kappa shape index (κ3) is 3.97. The van der Waals surface area contributed by atoms with Gasteiger partial charge in [0.25, 0.3) is 0 Å². The summed E-state index contributed by atoms with van der Waals surface area (Å²) in [4.78, 5) is 12.4. The number of carbonyl (C=O) groups excluding carboxylic acids is 1. The smallest absolute Gasteiger partial charge is 0.244 e. The number of para-hydroxylation sites is 1. The maximum Gasteiger partial charge on any atom is 0.244 e. The second-order valence-electron chi connectivity index (χ2n) is 7.11. The zero-order valence-corrected chi connectivity index (χ0v) is 16.6. The Labute approximate surface area is 170 Å². The highest BCUT2D eigenvalue weighted by Crippen LogP contribution is 2.20. The molecule has 1 amide bonds. The van der Waals surface area contributed by atoms with Crippen LogP contribution in [0.2, 0.25) is 0 Å². The lowest BCUT2D eigenvalue weighted by atomic mass is 10.0. The number of hydrogen-bond donors (Lipinski definition) is 1. The Morgan fingerprint density at radius 2 is 1.69 bits per heavy atom. The first-order valence-electron chi connectivity index (χ1n) is 9.66. The largest absolute Gasteiger partial charge is 0.318 e. The molecule has 29 heavy (non-hydrogen) atoms. The molecule has 1 heterocycles. The van der Waals surface area contributed by atoms with Crippen LogP contribution in [0.25, 0.3) is 16.5 Å². The SMILES string of the molecule is Cc1cc(C=NNC(=O)Cc2cccc3ccccc23)c(C)n1-c1ccccc1. The van der Waals surface area contributed by atoms with E-state index in [4.69, 9.17) is 0 Å². The van der Waals surface area contributed by atoms with Crippen molar-refractivity contribution in [2.75, 3.05) is 0 Å². The van der Waals surface area contributed by atoms with Crippen molar-refractivity contribution in [3.05, 3.63) is 101 Å². The van der Waals surface area contributed by atoms with Crippen LogP contribution >= 0.6 is 0 Å². The third-order valence-corrected chi connectivity index (χ3v) is 5.11. The average molecular weight is 381 g/mol. The van der Waals surface area contributed by atoms with Crippen LogP contribution in [0.4, 0.5) is 0 Å². The fourth-order valence-corrected chi connectivity index (χ4v) is 3.73. The van der Waals surface area contributed by atoms with E-state index >= 15 is 0 Å². The molecule has 0 spiro atoms. The minimum atomic E-state index is -0.130. The third-order valence-electron chi connectivity index (χ3n) is 5.11. The van der Waals surface area contributed by atoms with Gasteiger partial charge in [-0.25, -0.2) is 5.43 Å². The molecule has 144 valence electrons. The van der Waals surface area contributed by atoms with Gasteiger partial charge in [-0.1, -0.05) is 60.7 Å². The van der Waals surface area contributed by atoms with Crippen molar-refractivity contribution in [3.63, 3.8) is 0 Å². The molecule has 0 bridgehead atoms.